The summed E-state index contributed by atoms with van der Waals surface area (Å²) in [5.74, 6) is -0.329. The van der Waals surface area contributed by atoms with Crippen LogP contribution in [0.2, 0.25) is 0 Å². The molecule has 0 spiro atoms. The standard InChI is InChI=1S/C75H129NO18/c1-3-5-7-9-11-13-15-17-19-21-23-25-26-27-28-29-30-31-33-34-36-38-40-42-44-46-48-50-52-59(80)58(76-63(81)53-51-49-47-45-43-41-39-37-35-32-24-22-20-18-16-14-12-10-8-6-4-2)57-89-73-69(87)66(84)71(61(55-78)91-73)94-75-70(88)67(85)72(62(56-79)92-75)93-74-68(86)65(83)64(82)60(54-77)90-74/h6,8,12,14,18,20,24,32,37,39,42-45,50,52,58-62,64-75,77-80,82-88H,3-5,7,9-11,13,15-17,19,21-23,25-31,33-36,38,40-41,46-49,51,53-57H2,1-2H3,(H,76,81)/b8-6-,14-12-,20-18-,32-24-,39-37-,44-42+,45-43-,52-50+. The molecule has 3 rings (SSSR count). The van der Waals surface area contributed by atoms with Crippen LogP contribution in [0.15, 0.2) is 97.2 Å². The third kappa shape index (κ3) is 36.5. The molecule has 3 aliphatic rings. The lowest BCUT2D eigenvalue weighted by Crippen LogP contribution is -2.66. The van der Waals surface area contributed by atoms with Crippen LogP contribution in [0.5, 0.6) is 0 Å². The van der Waals surface area contributed by atoms with E-state index in [9.17, 15) is 61.0 Å². The third-order valence-corrected chi connectivity index (χ3v) is 17.6. The van der Waals surface area contributed by atoms with Gasteiger partial charge >= 0.3 is 0 Å². The van der Waals surface area contributed by atoms with Crippen molar-refractivity contribution < 1.29 is 89.4 Å². The van der Waals surface area contributed by atoms with E-state index in [4.69, 9.17) is 28.4 Å². The van der Waals surface area contributed by atoms with E-state index in [1.165, 1.54) is 135 Å². The number of carbonyl (C=O) groups excluding carboxylic acids is 1. The molecule has 3 saturated heterocycles. The number of aliphatic hydroxyl groups is 11. The van der Waals surface area contributed by atoms with Gasteiger partial charge in [0.05, 0.1) is 38.6 Å². The van der Waals surface area contributed by atoms with Gasteiger partial charge in [-0.2, -0.15) is 0 Å². The van der Waals surface area contributed by atoms with Gasteiger partial charge in [-0.3, -0.25) is 4.79 Å². The lowest BCUT2D eigenvalue weighted by molar-refractivity contribution is -0.379. The Balaban J connectivity index is 1.45. The van der Waals surface area contributed by atoms with Crippen LogP contribution in [0.3, 0.4) is 0 Å². The molecule has 1 amide bonds. The number of nitrogens with one attached hydrogen (secondary N) is 1. The summed E-state index contributed by atoms with van der Waals surface area (Å²) in [7, 11) is 0. The van der Waals surface area contributed by atoms with Gasteiger partial charge in [0.25, 0.3) is 0 Å². The molecule has 0 radical (unpaired) electrons. The van der Waals surface area contributed by atoms with E-state index in [-0.39, 0.29) is 12.3 Å². The molecule has 94 heavy (non-hydrogen) atoms. The van der Waals surface area contributed by atoms with E-state index < -0.39 is 131 Å². The molecule has 12 N–H and O–H groups in total. The maximum absolute atomic E-state index is 13.4. The van der Waals surface area contributed by atoms with Crippen molar-refractivity contribution in [1.82, 2.24) is 5.32 Å². The average Bonchev–Trinajstić information content (AvgIpc) is 0.787. The molecule has 17 unspecified atom stereocenters. The van der Waals surface area contributed by atoms with Crippen molar-refractivity contribution in [2.45, 2.75) is 343 Å². The Hall–Kier alpha value is -3.29. The molecule has 3 aliphatic heterocycles. The zero-order valence-corrected chi connectivity index (χ0v) is 57.4. The highest BCUT2D eigenvalue weighted by molar-refractivity contribution is 5.76. The van der Waals surface area contributed by atoms with Crippen molar-refractivity contribution in [2.24, 2.45) is 0 Å². The van der Waals surface area contributed by atoms with Crippen molar-refractivity contribution in [3.63, 3.8) is 0 Å². The van der Waals surface area contributed by atoms with Gasteiger partial charge in [0.2, 0.25) is 5.91 Å². The van der Waals surface area contributed by atoms with E-state index in [1.54, 1.807) is 6.08 Å². The average molecular weight is 1330 g/mol. The van der Waals surface area contributed by atoms with Gasteiger partial charge < -0.3 is 89.9 Å². The number of carbonyl (C=O) groups is 1. The minimum atomic E-state index is -1.99. The number of rotatable bonds is 55. The fraction of sp³-hybridized carbons (Fsp3) is 0.773. The first-order chi connectivity index (χ1) is 45.8. The van der Waals surface area contributed by atoms with E-state index in [1.807, 2.05) is 6.08 Å². The normalized spacial score (nSPS) is 27.9. The number of hydrogen-bond donors (Lipinski definition) is 12. The molecule has 0 saturated carbocycles. The summed E-state index contributed by atoms with van der Waals surface area (Å²) >= 11 is 0. The Morgan fingerprint density at radius 1 is 0.394 bits per heavy atom. The number of amides is 1. The SMILES string of the molecule is CC/C=C\C/C=C\C/C=C\C/C=C\C/C=C\C/C=C\CCCCC(=O)NC(COC1OC(CO)C(OC2OC(CO)C(OC3OC(CO)C(O)C(O)C3O)C(O)C2O)C(O)C1O)C(O)/C=C/CC/C=C/CCCCCCCCCCCCCCCCCCCCCCCC. The number of hydrogen-bond acceptors (Lipinski definition) is 18. The first-order valence-electron chi connectivity index (χ1n) is 36.5. The molecule has 17 atom stereocenters. The smallest absolute Gasteiger partial charge is 0.220 e. The molecule has 19 heteroatoms. The fourth-order valence-electron chi connectivity index (χ4n) is 11.7. The maximum Gasteiger partial charge on any atom is 0.220 e. The van der Waals surface area contributed by atoms with Gasteiger partial charge in [0.1, 0.15) is 73.2 Å². The fourth-order valence-corrected chi connectivity index (χ4v) is 11.7. The summed E-state index contributed by atoms with van der Waals surface area (Å²) in [6.45, 7) is 1.57. The van der Waals surface area contributed by atoms with Gasteiger partial charge in [0, 0.05) is 6.42 Å². The largest absolute Gasteiger partial charge is 0.394 e. The molecule has 0 aromatic carbocycles. The van der Waals surface area contributed by atoms with Gasteiger partial charge in [-0.25, -0.2) is 0 Å². The van der Waals surface area contributed by atoms with Crippen LogP contribution in [0, 0.1) is 0 Å². The second-order valence-electron chi connectivity index (χ2n) is 25.7. The summed E-state index contributed by atoms with van der Waals surface area (Å²) in [6, 6.07) is -1.02. The summed E-state index contributed by atoms with van der Waals surface area (Å²) < 4.78 is 34.3. The minimum Gasteiger partial charge on any atom is -0.394 e. The summed E-state index contributed by atoms with van der Waals surface area (Å²) in [4.78, 5) is 13.4. The van der Waals surface area contributed by atoms with Crippen LogP contribution in [0.4, 0.5) is 0 Å². The predicted molar refractivity (Wildman–Crippen MR) is 369 cm³/mol. The first-order valence-corrected chi connectivity index (χ1v) is 36.5. The Bertz CT molecular complexity index is 2080. The van der Waals surface area contributed by atoms with Gasteiger partial charge in [-0.05, 0) is 83.5 Å². The number of aliphatic hydroxyl groups excluding tert-OH is 11. The summed E-state index contributed by atoms with van der Waals surface area (Å²) in [5, 5.41) is 121. The van der Waals surface area contributed by atoms with Gasteiger partial charge in [-0.1, -0.05) is 246 Å². The van der Waals surface area contributed by atoms with Crippen molar-refractivity contribution in [1.29, 1.82) is 0 Å². The molecule has 0 bridgehead atoms. The Labute approximate surface area is 564 Å². The van der Waals surface area contributed by atoms with E-state index >= 15 is 0 Å². The van der Waals surface area contributed by atoms with Gasteiger partial charge in [0.15, 0.2) is 18.9 Å². The second kappa shape index (κ2) is 55.6. The van der Waals surface area contributed by atoms with Crippen molar-refractivity contribution >= 4 is 5.91 Å². The minimum absolute atomic E-state index is 0.175. The van der Waals surface area contributed by atoms with E-state index in [0.717, 1.165) is 70.6 Å². The topological polar surface area (TPSA) is 307 Å². The van der Waals surface area contributed by atoms with Crippen LogP contribution >= 0.6 is 0 Å². The van der Waals surface area contributed by atoms with Crippen molar-refractivity contribution in [2.75, 3.05) is 26.4 Å². The van der Waals surface area contributed by atoms with E-state index in [0.29, 0.717) is 12.8 Å². The third-order valence-electron chi connectivity index (χ3n) is 17.6. The molecule has 3 heterocycles. The highest BCUT2D eigenvalue weighted by atomic mass is 16.8. The second-order valence-corrected chi connectivity index (χ2v) is 25.7. The molecule has 19 nitrogen and oxygen atoms in total. The zero-order chi connectivity index (χ0) is 68.2. The number of allylic oxidation sites excluding steroid dienone is 15. The first kappa shape index (κ1) is 84.9. The monoisotopic (exact) mass is 1330 g/mol. The molecule has 0 aliphatic carbocycles. The Kier molecular flexibility index (Phi) is 50.2. The molecule has 0 aromatic rings. The van der Waals surface area contributed by atoms with E-state index in [2.05, 4.69) is 104 Å². The zero-order valence-electron chi connectivity index (χ0n) is 57.4. The quantitative estimate of drug-likeness (QED) is 0.0199. The lowest BCUT2D eigenvalue weighted by Gasteiger charge is -2.48. The number of ether oxygens (including phenoxy) is 6. The Morgan fingerprint density at radius 2 is 0.745 bits per heavy atom. The summed E-state index contributed by atoms with van der Waals surface area (Å²) in [5.41, 5.74) is 0. The lowest BCUT2D eigenvalue weighted by atomic mass is 9.96. The van der Waals surface area contributed by atoms with Crippen LogP contribution in [0.25, 0.3) is 0 Å². The van der Waals surface area contributed by atoms with Gasteiger partial charge in [-0.15, -0.1) is 0 Å². The Morgan fingerprint density at radius 3 is 1.19 bits per heavy atom. The summed E-state index contributed by atoms with van der Waals surface area (Å²) in [6.07, 6.45) is 46.8. The highest BCUT2D eigenvalue weighted by Gasteiger charge is 2.53. The van der Waals surface area contributed by atoms with Crippen LogP contribution in [-0.4, -0.2) is 193 Å². The molecular weight excluding hydrogens is 1200 g/mol. The predicted octanol–water partition coefficient (Wildman–Crippen LogP) is 10.4. The van der Waals surface area contributed by atoms with Crippen LogP contribution in [0.1, 0.15) is 239 Å². The molecule has 3 fully saturated rings. The number of unbranched alkanes of at least 4 members (excludes halogenated alkanes) is 25. The highest BCUT2D eigenvalue weighted by Crippen LogP contribution is 2.33. The van der Waals surface area contributed by atoms with Crippen LogP contribution < -0.4 is 5.32 Å². The molecular formula is C75H129NO18. The molecule has 542 valence electrons. The maximum atomic E-state index is 13.4. The van der Waals surface area contributed by atoms with Crippen molar-refractivity contribution in [3.05, 3.63) is 97.2 Å². The molecule has 0 aromatic heterocycles. The van der Waals surface area contributed by atoms with Crippen molar-refractivity contribution in [3.8, 4) is 0 Å². The van der Waals surface area contributed by atoms with Crippen LogP contribution in [-0.2, 0) is 33.2 Å².